The summed E-state index contributed by atoms with van der Waals surface area (Å²) in [5.74, 6) is 0. The molecule has 0 fully saturated rings. The molecule has 2 rings (SSSR count). The molecular formula is C19H18IN. The van der Waals surface area contributed by atoms with Crippen molar-refractivity contribution < 1.29 is 0 Å². The number of allylic oxidation sites excluding steroid dienone is 1. The van der Waals surface area contributed by atoms with E-state index in [-0.39, 0.29) is 5.41 Å². The first-order valence-corrected chi connectivity index (χ1v) is 8.02. The van der Waals surface area contributed by atoms with Gasteiger partial charge in [-0.05, 0) is 59.6 Å². The second-order valence-electron chi connectivity index (χ2n) is 5.70. The second-order valence-corrected chi connectivity index (χ2v) is 6.78. The maximum Gasteiger partial charge on any atom is 0.0687 e. The minimum Gasteiger partial charge on any atom is -0.198 e. The van der Waals surface area contributed by atoms with Gasteiger partial charge in [0.05, 0.1) is 11.5 Å². The molecule has 0 aromatic heterocycles. The van der Waals surface area contributed by atoms with E-state index in [4.69, 9.17) is 0 Å². The third-order valence-electron chi connectivity index (χ3n) is 3.34. The van der Waals surface area contributed by atoms with Gasteiger partial charge in [0, 0.05) is 3.58 Å². The molecule has 0 unspecified atom stereocenters. The van der Waals surface area contributed by atoms with Gasteiger partial charge in [-0.25, -0.2) is 0 Å². The molecule has 0 radical (unpaired) electrons. The maximum atomic E-state index is 9.37. The minimum absolute atomic E-state index is 0.379. The van der Waals surface area contributed by atoms with Crippen LogP contribution in [0.2, 0.25) is 0 Å². The number of rotatable bonds is 4. The highest BCUT2D eigenvalue weighted by atomic mass is 127. The monoisotopic (exact) mass is 387 g/mol. The molecule has 0 saturated heterocycles. The summed E-state index contributed by atoms with van der Waals surface area (Å²) in [6.07, 6.45) is 0.737. The fourth-order valence-electron chi connectivity index (χ4n) is 2.19. The predicted octanol–water partition coefficient (Wildman–Crippen LogP) is 5.93. The molecule has 0 aliphatic rings. The molecule has 0 N–H and O–H groups in total. The SMILES string of the molecule is CC(C)(C#N)C/C(=C(\I)c1ccccc1)c1ccccc1. The molecule has 2 aromatic rings. The third-order valence-corrected chi connectivity index (χ3v) is 4.61. The minimum atomic E-state index is -0.379. The molecule has 0 spiro atoms. The third kappa shape index (κ3) is 4.18. The van der Waals surface area contributed by atoms with Gasteiger partial charge in [0.25, 0.3) is 0 Å². The Balaban J connectivity index is 2.54. The van der Waals surface area contributed by atoms with Crippen LogP contribution in [0.25, 0.3) is 9.15 Å². The van der Waals surface area contributed by atoms with Crippen LogP contribution in [0.4, 0.5) is 0 Å². The van der Waals surface area contributed by atoms with Crippen LogP contribution in [0.15, 0.2) is 60.7 Å². The van der Waals surface area contributed by atoms with Crippen molar-refractivity contribution in [3.05, 3.63) is 71.8 Å². The molecular weight excluding hydrogens is 369 g/mol. The first kappa shape index (κ1) is 15.8. The normalized spacial score (nSPS) is 12.5. The molecule has 1 nitrogen and oxygen atoms in total. The molecule has 0 atom stereocenters. The van der Waals surface area contributed by atoms with Crippen molar-refractivity contribution in [1.82, 2.24) is 0 Å². The van der Waals surface area contributed by atoms with Gasteiger partial charge in [-0.2, -0.15) is 5.26 Å². The van der Waals surface area contributed by atoms with E-state index < -0.39 is 0 Å². The van der Waals surface area contributed by atoms with Gasteiger partial charge in [0.15, 0.2) is 0 Å². The average molecular weight is 387 g/mol. The standard InChI is InChI=1S/C19H18IN/c1-19(2,14-21)13-17(15-9-5-3-6-10-15)18(20)16-11-7-4-8-12-16/h3-12H,13H2,1-2H3/b18-17+. The second kappa shape index (κ2) is 6.91. The van der Waals surface area contributed by atoms with Gasteiger partial charge in [0.2, 0.25) is 0 Å². The highest BCUT2D eigenvalue weighted by Crippen LogP contribution is 2.39. The highest BCUT2D eigenvalue weighted by Gasteiger charge is 2.22. The van der Waals surface area contributed by atoms with Gasteiger partial charge in [-0.1, -0.05) is 60.7 Å². The van der Waals surface area contributed by atoms with Crippen LogP contribution in [0.1, 0.15) is 31.4 Å². The first-order chi connectivity index (χ1) is 10.0. The van der Waals surface area contributed by atoms with E-state index in [1.807, 2.05) is 50.2 Å². The van der Waals surface area contributed by atoms with Crippen LogP contribution in [0.5, 0.6) is 0 Å². The van der Waals surface area contributed by atoms with E-state index in [0.29, 0.717) is 0 Å². The smallest absolute Gasteiger partial charge is 0.0687 e. The van der Waals surface area contributed by atoms with Crippen molar-refractivity contribution in [1.29, 1.82) is 5.26 Å². The van der Waals surface area contributed by atoms with Crippen molar-refractivity contribution in [3.8, 4) is 6.07 Å². The van der Waals surface area contributed by atoms with Gasteiger partial charge < -0.3 is 0 Å². The Kier molecular flexibility index (Phi) is 5.19. The fourth-order valence-corrected chi connectivity index (χ4v) is 3.05. The summed E-state index contributed by atoms with van der Waals surface area (Å²) in [7, 11) is 0. The van der Waals surface area contributed by atoms with Crippen LogP contribution in [0, 0.1) is 16.7 Å². The van der Waals surface area contributed by atoms with Gasteiger partial charge in [-0.15, -0.1) is 0 Å². The lowest BCUT2D eigenvalue weighted by Crippen LogP contribution is -2.09. The van der Waals surface area contributed by atoms with Crippen molar-refractivity contribution in [3.63, 3.8) is 0 Å². The van der Waals surface area contributed by atoms with E-state index >= 15 is 0 Å². The zero-order valence-electron chi connectivity index (χ0n) is 12.3. The number of hydrogen-bond acceptors (Lipinski definition) is 1. The molecule has 0 amide bonds. The highest BCUT2D eigenvalue weighted by molar-refractivity contribution is 14.1. The Morgan fingerprint density at radius 2 is 1.43 bits per heavy atom. The van der Waals surface area contributed by atoms with E-state index in [0.717, 1.165) is 6.42 Å². The molecule has 0 aliphatic heterocycles. The first-order valence-electron chi connectivity index (χ1n) is 6.94. The van der Waals surface area contributed by atoms with Gasteiger partial charge in [-0.3, -0.25) is 0 Å². The summed E-state index contributed by atoms with van der Waals surface area (Å²) >= 11 is 2.40. The number of nitrogens with zero attached hydrogens (tertiary/aromatic N) is 1. The van der Waals surface area contributed by atoms with Crippen LogP contribution in [0.3, 0.4) is 0 Å². The van der Waals surface area contributed by atoms with Crippen LogP contribution in [-0.4, -0.2) is 0 Å². The molecule has 21 heavy (non-hydrogen) atoms. The Bertz CT molecular complexity index is 664. The lowest BCUT2D eigenvalue weighted by Gasteiger charge is -2.20. The van der Waals surface area contributed by atoms with Crippen molar-refractivity contribution in [2.45, 2.75) is 20.3 Å². The molecule has 2 aromatic carbocycles. The van der Waals surface area contributed by atoms with E-state index in [9.17, 15) is 5.26 Å². The largest absolute Gasteiger partial charge is 0.198 e. The van der Waals surface area contributed by atoms with Gasteiger partial charge in [0.1, 0.15) is 0 Å². The molecule has 0 bridgehead atoms. The van der Waals surface area contributed by atoms with Crippen molar-refractivity contribution in [2.24, 2.45) is 5.41 Å². The summed E-state index contributed by atoms with van der Waals surface area (Å²) in [5, 5.41) is 9.37. The lowest BCUT2D eigenvalue weighted by atomic mass is 9.84. The van der Waals surface area contributed by atoms with Crippen molar-refractivity contribution in [2.75, 3.05) is 0 Å². The number of halogens is 1. The summed E-state index contributed by atoms with van der Waals surface area (Å²) in [6, 6.07) is 23.1. The van der Waals surface area contributed by atoms with Crippen LogP contribution >= 0.6 is 22.6 Å². The topological polar surface area (TPSA) is 23.8 Å². The van der Waals surface area contributed by atoms with Crippen molar-refractivity contribution >= 4 is 31.7 Å². The average Bonchev–Trinajstić information content (AvgIpc) is 2.54. The molecule has 0 aliphatic carbocycles. The Hall–Kier alpha value is -1.60. The van der Waals surface area contributed by atoms with E-state index in [1.54, 1.807) is 0 Å². The fraction of sp³-hybridized carbons (Fsp3) is 0.211. The zero-order chi connectivity index (χ0) is 15.3. The number of hydrogen-bond donors (Lipinski definition) is 0. The summed E-state index contributed by atoms with van der Waals surface area (Å²) in [6.45, 7) is 3.98. The summed E-state index contributed by atoms with van der Waals surface area (Å²) in [5.41, 5.74) is 3.24. The van der Waals surface area contributed by atoms with Crippen LogP contribution < -0.4 is 0 Å². The van der Waals surface area contributed by atoms with Crippen LogP contribution in [-0.2, 0) is 0 Å². The molecule has 0 saturated carbocycles. The maximum absolute atomic E-state index is 9.37. The van der Waals surface area contributed by atoms with Gasteiger partial charge >= 0.3 is 0 Å². The number of benzene rings is 2. The molecule has 2 heteroatoms. The summed E-state index contributed by atoms with van der Waals surface area (Å²) < 4.78 is 1.21. The Morgan fingerprint density at radius 1 is 0.952 bits per heavy atom. The molecule has 0 heterocycles. The predicted molar refractivity (Wildman–Crippen MR) is 97.7 cm³/mol. The van der Waals surface area contributed by atoms with E-state index in [1.165, 1.54) is 20.3 Å². The van der Waals surface area contributed by atoms with E-state index in [2.05, 4.69) is 52.9 Å². The Labute approximate surface area is 140 Å². The zero-order valence-corrected chi connectivity index (χ0v) is 14.5. The number of nitriles is 1. The Morgan fingerprint density at radius 3 is 1.90 bits per heavy atom. The quantitative estimate of drug-likeness (QED) is 0.471. The summed E-state index contributed by atoms with van der Waals surface area (Å²) in [4.78, 5) is 0. The molecule has 106 valence electrons. The lowest BCUT2D eigenvalue weighted by molar-refractivity contribution is 0.513.